The average Bonchev–Trinajstić information content (AvgIpc) is 2.93. The largest absolute Gasteiger partial charge is 0.333 e. The van der Waals surface area contributed by atoms with E-state index in [1.165, 1.54) is 6.07 Å². The van der Waals surface area contributed by atoms with Crippen molar-refractivity contribution < 1.29 is 9.18 Å². The number of halogens is 2. The van der Waals surface area contributed by atoms with E-state index in [2.05, 4.69) is 17.3 Å². The first kappa shape index (κ1) is 19.0. The molecule has 2 fully saturated rings. The summed E-state index contributed by atoms with van der Waals surface area (Å²) in [5.41, 5.74) is 0.783. The van der Waals surface area contributed by atoms with Crippen LogP contribution in [0.5, 0.6) is 0 Å². The number of rotatable bonds is 1. The lowest BCUT2D eigenvalue weighted by Gasteiger charge is -2.29. The Bertz CT molecular complexity index is 604. The SMILES string of the molecule is CN1C[C@H]2CN(C(=O)NC(C)(C)C)C[C@H]2[C@@H]1c1cccc(F)c1.Cl. The molecule has 134 valence electrons. The summed E-state index contributed by atoms with van der Waals surface area (Å²) < 4.78 is 13.6. The molecule has 3 atom stereocenters. The van der Waals surface area contributed by atoms with E-state index in [1.54, 1.807) is 12.1 Å². The Labute approximate surface area is 149 Å². The Morgan fingerprint density at radius 3 is 2.58 bits per heavy atom. The summed E-state index contributed by atoms with van der Waals surface area (Å²) >= 11 is 0. The topological polar surface area (TPSA) is 35.6 Å². The molecule has 4 nitrogen and oxygen atoms in total. The Morgan fingerprint density at radius 1 is 1.25 bits per heavy atom. The van der Waals surface area contributed by atoms with E-state index < -0.39 is 0 Å². The maximum absolute atomic E-state index is 13.6. The van der Waals surface area contributed by atoms with E-state index in [4.69, 9.17) is 0 Å². The standard InChI is InChI=1S/C18H26FN3O.ClH/c1-18(2,3)20-17(23)22-10-13-9-21(4)16(15(13)11-22)12-6-5-7-14(19)8-12;/h5-8,13,15-16H,9-11H2,1-4H3,(H,20,23);1H/t13-,15+,16-;/m0./s1. The van der Waals surface area contributed by atoms with Gasteiger partial charge in [-0.05, 0) is 51.4 Å². The zero-order chi connectivity index (χ0) is 16.8. The van der Waals surface area contributed by atoms with Gasteiger partial charge in [-0.25, -0.2) is 9.18 Å². The maximum Gasteiger partial charge on any atom is 0.317 e. The molecule has 0 aliphatic carbocycles. The molecule has 0 unspecified atom stereocenters. The van der Waals surface area contributed by atoms with Gasteiger partial charge in [0.05, 0.1) is 0 Å². The molecule has 0 spiro atoms. The van der Waals surface area contributed by atoms with E-state index >= 15 is 0 Å². The number of carbonyl (C=O) groups is 1. The number of hydrogen-bond acceptors (Lipinski definition) is 2. The number of nitrogens with one attached hydrogen (secondary N) is 1. The van der Waals surface area contributed by atoms with Crippen molar-refractivity contribution in [2.45, 2.75) is 32.4 Å². The summed E-state index contributed by atoms with van der Waals surface area (Å²) in [6, 6.07) is 7.06. The first-order valence-electron chi connectivity index (χ1n) is 8.27. The lowest BCUT2D eigenvalue weighted by Crippen LogP contribution is -2.48. The minimum Gasteiger partial charge on any atom is -0.333 e. The third-order valence-corrected chi connectivity index (χ3v) is 4.85. The first-order valence-corrected chi connectivity index (χ1v) is 8.27. The second-order valence-corrected chi connectivity index (χ2v) is 7.95. The van der Waals surface area contributed by atoms with Crippen LogP contribution in [0.3, 0.4) is 0 Å². The third kappa shape index (κ3) is 3.83. The van der Waals surface area contributed by atoms with Gasteiger partial charge in [-0.1, -0.05) is 12.1 Å². The van der Waals surface area contributed by atoms with Crippen LogP contribution in [0.1, 0.15) is 32.4 Å². The number of carbonyl (C=O) groups excluding carboxylic acids is 1. The molecular formula is C18H27ClFN3O. The van der Waals surface area contributed by atoms with Crippen LogP contribution in [0.25, 0.3) is 0 Å². The summed E-state index contributed by atoms with van der Waals surface area (Å²) in [4.78, 5) is 16.6. The predicted octanol–water partition coefficient (Wildman–Crippen LogP) is 3.29. The first-order chi connectivity index (χ1) is 10.7. The second-order valence-electron chi connectivity index (χ2n) is 7.95. The highest BCUT2D eigenvalue weighted by Gasteiger charge is 2.47. The van der Waals surface area contributed by atoms with Gasteiger partial charge in [0.15, 0.2) is 0 Å². The van der Waals surface area contributed by atoms with Crippen molar-refractivity contribution in [3.8, 4) is 0 Å². The van der Waals surface area contributed by atoms with Crippen molar-refractivity contribution in [3.05, 3.63) is 35.6 Å². The molecule has 1 aromatic carbocycles. The molecule has 1 aromatic rings. The van der Waals surface area contributed by atoms with Crippen LogP contribution in [0.2, 0.25) is 0 Å². The van der Waals surface area contributed by atoms with Gasteiger partial charge in [0.25, 0.3) is 0 Å². The molecule has 0 radical (unpaired) electrons. The normalized spacial score (nSPS) is 26.9. The van der Waals surface area contributed by atoms with Crippen molar-refractivity contribution in [3.63, 3.8) is 0 Å². The molecule has 6 heteroatoms. The van der Waals surface area contributed by atoms with Crippen LogP contribution >= 0.6 is 12.4 Å². The average molecular weight is 356 g/mol. The smallest absolute Gasteiger partial charge is 0.317 e. The number of urea groups is 1. The van der Waals surface area contributed by atoms with Crippen LogP contribution in [-0.2, 0) is 0 Å². The van der Waals surface area contributed by atoms with Gasteiger partial charge in [0, 0.05) is 37.1 Å². The van der Waals surface area contributed by atoms with Crippen molar-refractivity contribution in [2.24, 2.45) is 11.8 Å². The Balaban J connectivity index is 0.00000208. The van der Waals surface area contributed by atoms with Gasteiger partial charge in [0.1, 0.15) is 5.82 Å². The summed E-state index contributed by atoms with van der Waals surface area (Å²) in [6.07, 6.45) is 0. The quantitative estimate of drug-likeness (QED) is 0.839. The number of fused-ring (bicyclic) bond motifs is 1. The molecular weight excluding hydrogens is 329 g/mol. The van der Waals surface area contributed by atoms with Crippen LogP contribution < -0.4 is 5.32 Å². The summed E-state index contributed by atoms with van der Waals surface area (Å²) in [5, 5.41) is 3.04. The number of likely N-dealkylation sites (tertiary alicyclic amines) is 2. The molecule has 3 rings (SSSR count). The summed E-state index contributed by atoms with van der Waals surface area (Å²) in [6.45, 7) is 8.44. The fraction of sp³-hybridized carbons (Fsp3) is 0.611. The molecule has 2 amide bonds. The maximum atomic E-state index is 13.6. The van der Waals surface area contributed by atoms with Gasteiger partial charge in [-0.15, -0.1) is 12.4 Å². The van der Waals surface area contributed by atoms with Gasteiger partial charge < -0.3 is 10.2 Å². The lowest BCUT2D eigenvalue weighted by molar-refractivity contribution is 0.186. The lowest BCUT2D eigenvalue weighted by atomic mass is 9.89. The minimum atomic E-state index is -0.229. The Kier molecular flexibility index (Phi) is 5.45. The molecule has 2 saturated heterocycles. The molecule has 2 aliphatic heterocycles. The highest BCUT2D eigenvalue weighted by atomic mass is 35.5. The monoisotopic (exact) mass is 355 g/mol. The fourth-order valence-electron chi connectivity index (χ4n) is 4.02. The molecule has 1 N–H and O–H groups in total. The van der Waals surface area contributed by atoms with Gasteiger partial charge >= 0.3 is 6.03 Å². The van der Waals surface area contributed by atoms with Crippen LogP contribution in [0.15, 0.2) is 24.3 Å². The number of hydrogen-bond donors (Lipinski definition) is 1. The molecule has 24 heavy (non-hydrogen) atoms. The Hall–Kier alpha value is -1.33. The zero-order valence-electron chi connectivity index (χ0n) is 14.8. The van der Waals surface area contributed by atoms with Crippen molar-refractivity contribution in [1.29, 1.82) is 0 Å². The molecule has 2 aliphatic rings. The van der Waals surface area contributed by atoms with Crippen molar-refractivity contribution >= 4 is 18.4 Å². The van der Waals surface area contributed by atoms with E-state index in [1.807, 2.05) is 31.7 Å². The van der Waals surface area contributed by atoms with Crippen LogP contribution in [0, 0.1) is 17.7 Å². The summed E-state index contributed by atoms with van der Waals surface area (Å²) in [5.74, 6) is 0.631. The number of benzene rings is 1. The van der Waals surface area contributed by atoms with Gasteiger partial charge in [-0.2, -0.15) is 0 Å². The van der Waals surface area contributed by atoms with Crippen LogP contribution in [-0.4, -0.2) is 48.1 Å². The molecule has 0 bridgehead atoms. The molecule has 0 saturated carbocycles. The third-order valence-electron chi connectivity index (χ3n) is 4.85. The number of amides is 2. The van der Waals surface area contributed by atoms with E-state index in [9.17, 15) is 9.18 Å². The Morgan fingerprint density at radius 2 is 1.96 bits per heavy atom. The van der Waals surface area contributed by atoms with Gasteiger partial charge in [0.2, 0.25) is 0 Å². The zero-order valence-corrected chi connectivity index (χ0v) is 15.6. The van der Waals surface area contributed by atoms with E-state index in [-0.39, 0.29) is 35.8 Å². The minimum absolute atomic E-state index is 0. The molecule has 0 aromatic heterocycles. The predicted molar refractivity (Wildman–Crippen MR) is 95.9 cm³/mol. The van der Waals surface area contributed by atoms with Crippen molar-refractivity contribution in [1.82, 2.24) is 15.1 Å². The van der Waals surface area contributed by atoms with Gasteiger partial charge in [-0.3, -0.25) is 4.90 Å². The van der Waals surface area contributed by atoms with E-state index in [0.29, 0.717) is 11.8 Å². The van der Waals surface area contributed by atoms with E-state index in [0.717, 1.165) is 25.2 Å². The second kappa shape index (κ2) is 6.89. The number of nitrogens with zero attached hydrogens (tertiary/aromatic N) is 2. The van der Waals surface area contributed by atoms with Crippen molar-refractivity contribution in [2.75, 3.05) is 26.7 Å². The highest BCUT2D eigenvalue weighted by Crippen LogP contribution is 2.44. The fourth-order valence-corrected chi connectivity index (χ4v) is 4.02. The highest BCUT2D eigenvalue weighted by molar-refractivity contribution is 5.85. The summed E-state index contributed by atoms with van der Waals surface area (Å²) in [7, 11) is 2.09. The molecule has 2 heterocycles. The van der Waals surface area contributed by atoms with Crippen LogP contribution in [0.4, 0.5) is 9.18 Å².